The molecule has 156 valence electrons. The van der Waals surface area contributed by atoms with Crippen molar-refractivity contribution in [3.05, 3.63) is 59.7 Å². The van der Waals surface area contributed by atoms with Gasteiger partial charge in [-0.3, -0.25) is 4.79 Å². The molecule has 4 N–H and O–H groups in total. The van der Waals surface area contributed by atoms with Gasteiger partial charge >= 0.3 is 0 Å². The number of carbonyl (C=O) groups excluding carboxylic acids is 1. The minimum Gasteiger partial charge on any atom is -0.493 e. The average Bonchev–Trinajstić information content (AvgIpc) is 2.69. The number of amides is 1. The molecular formula is C23H27N5O2. The van der Waals surface area contributed by atoms with E-state index < -0.39 is 0 Å². The summed E-state index contributed by atoms with van der Waals surface area (Å²) in [4.78, 5) is 19.8. The van der Waals surface area contributed by atoms with E-state index in [1.165, 1.54) is 18.1 Å². The van der Waals surface area contributed by atoms with E-state index in [2.05, 4.69) is 40.5 Å². The van der Waals surface area contributed by atoms with Crippen molar-refractivity contribution in [1.29, 1.82) is 0 Å². The van der Waals surface area contributed by atoms with Crippen LogP contribution in [-0.4, -0.2) is 29.0 Å². The highest BCUT2D eigenvalue weighted by atomic mass is 16.5. The molecule has 3 aromatic rings. The van der Waals surface area contributed by atoms with E-state index >= 15 is 0 Å². The number of nitrogens with one attached hydrogen (secondary N) is 2. The molecule has 1 heterocycles. The van der Waals surface area contributed by atoms with Crippen molar-refractivity contribution >= 4 is 23.4 Å². The van der Waals surface area contributed by atoms with Crippen LogP contribution >= 0.6 is 0 Å². The van der Waals surface area contributed by atoms with Crippen LogP contribution in [0.4, 0.5) is 17.5 Å². The van der Waals surface area contributed by atoms with E-state index in [4.69, 9.17) is 10.5 Å². The molecule has 0 spiro atoms. The molecule has 0 aliphatic heterocycles. The van der Waals surface area contributed by atoms with Gasteiger partial charge in [0.2, 0.25) is 11.9 Å². The third-order valence-corrected chi connectivity index (χ3v) is 4.67. The molecule has 1 aromatic heterocycles. The minimum atomic E-state index is -0.110. The molecule has 30 heavy (non-hydrogen) atoms. The zero-order chi connectivity index (χ0) is 21.5. The fraction of sp³-hybridized carbons (Fsp3) is 0.261. The maximum Gasteiger partial charge on any atom is 0.222 e. The predicted octanol–water partition coefficient (Wildman–Crippen LogP) is 4.18. The third kappa shape index (κ3) is 5.70. The first-order valence-electron chi connectivity index (χ1n) is 9.88. The lowest BCUT2D eigenvalue weighted by atomic mass is 10.0. The summed E-state index contributed by atoms with van der Waals surface area (Å²) in [7, 11) is 0. The van der Waals surface area contributed by atoms with Gasteiger partial charge in [-0.15, -0.1) is 0 Å². The number of carbonyl (C=O) groups is 1. The summed E-state index contributed by atoms with van der Waals surface area (Å²) in [6.45, 7) is 6.84. The van der Waals surface area contributed by atoms with Crippen molar-refractivity contribution < 1.29 is 9.53 Å². The summed E-state index contributed by atoms with van der Waals surface area (Å²) < 4.78 is 5.76. The normalized spacial score (nSPS) is 10.5. The van der Waals surface area contributed by atoms with Gasteiger partial charge in [0.15, 0.2) is 0 Å². The van der Waals surface area contributed by atoms with Crippen molar-refractivity contribution in [2.45, 2.75) is 27.2 Å². The van der Waals surface area contributed by atoms with Gasteiger partial charge in [0.25, 0.3) is 0 Å². The first-order chi connectivity index (χ1) is 14.4. The monoisotopic (exact) mass is 405 g/mol. The Kier molecular flexibility index (Phi) is 6.85. The van der Waals surface area contributed by atoms with E-state index in [0.29, 0.717) is 30.4 Å². The number of nitrogens with two attached hydrogens (primary N) is 1. The van der Waals surface area contributed by atoms with Gasteiger partial charge in [0, 0.05) is 36.9 Å². The second-order valence-electron chi connectivity index (χ2n) is 7.08. The Morgan fingerprint density at radius 1 is 1.10 bits per heavy atom. The number of hydrogen-bond acceptors (Lipinski definition) is 6. The third-order valence-electron chi connectivity index (χ3n) is 4.67. The fourth-order valence-corrected chi connectivity index (χ4v) is 3.07. The summed E-state index contributed by atoms with van der Waals surface area (Å²) >= 11 is 0. The molecule has 0 bridgehead atoms. The van der Waals surface area contributed by atoms with Crippen LogP contribution in [-0.2, 0) is 4.79 Å². The van der Waals surface area contributed by atoms with Crippen LogP contribution in [0.25, 0.3) is 11.3 Å². The second kappa shape index (κ2) is 9.73. The van der Waals surface area contributed by atoms with E-state index in [9.17, 15) is 4.79 Å². The summed E-state index contributed by atoms with van der Waals surface area (Å²) in [5, 5.41) is 6.03. The predicted molar refractivity (Wildman–Crippen MR) is 121 cm³/mol. The Morgan fingerprint density at radius 3 is 2.70 bits per heavy atom. The number of aryl methyl sites for hydroxylation is 1. The largest absolute Gasteiger partial charge is 0.493 e. The molecule has 0 unspecified atom stereocenters. The Morgan fingerprint density at radius 2 is 1.90 bits per heavy atom. The number of benzene rings is 2. The summed E-state index contributed by atoms with van der Waals surface area (Å²) in [5.41, 5.74) is 10.9. The van der Waals surface area contributed by atoms with Crippen LogP contribution < -0.4 is 21.1 Å². The second-order valence-corrected chi connectivity index (χ2v) is 7.08. The topological polar surface area (TPSA) is 102 Å². The van der Waals surface area contributed by atoms with E-state index in [1.54, 1.807) is 6.07 Å². The van der Waals surface area contributed by atoms with Gasteiger partial charge in [-0.1, -0.05) is 24.3 Å². The van der Waals surface area contributed by atoms with Crippen LogP contribution in [0.1, 0.15) is 24.5 Å². The number of aromatic nitrogens is 2. The molecule has 0 radical (unpaired) electrons. The number of nitrogen functional groups attached to an aromatic ring is 1. The van der Waals surface area contributed by atoms with Crippen molar-refractivity contribution in [3.63, 3.8) is 0 Å². The lowest BCUT2D eigenvalue weighted by molar-refractivity contribution is -0.114. The van der Waals surface area contributed by atoms with Gasteiger partial charge in [-0.25, -0.2) is 4.98 Å². The van der Waals surface area contributed by atoms with Crippen LogP contribution in [0, 0.1) is 13.8 Å². The standard InChI is InChI=1S/C23H27N5O2/c1-15-7-4-10-20(16(15)2)21-14-22(28-23(24)27-21)25-11-6-12-30-19-9-5-8-18(13-19)26-17(3)29/h4-5,7-10,13-14H,6,11-12H2,1-3H3,(H,26,29)(H3,24,25,27,28). The molecule has 2 aromatic carbocycles. The molecule has 0 atom stereocenters. The SMILES string of the molecule is CC(=O)Nc1cccc(OCCCNc2cc(-c3cccc(C)c3C)nc(N)n2)c1. The Hall–Kier alpha value is -3.61. The first kappa shape index (κ1) is 21.1. The molecule has 0 fully saturated rings. The number of rotatable bonds is 8. The summed E-state index contributed by atoms with van der Waals surface area (Å²) in [5.74, 6) is 1.53. The van der Waals surface area contributed by atoms with Crippen molar-refractivity contribution in [2.75, 3.05) is 29.5 Å². The lowest BCUT2D eigenvalue weighted by Gasteiger charge is -2.12. The van der Waals surface area contributed by atoms with Crippen LogP contribution in [0.3, 0.4) is 0 Å². The van der Waals surface area contributed by atoms with Gasteiger partial charge in [-0.05, 0) is 43.5 Å². The zero-order valence-corrected chi connectivity index (χ0v) is 17.5. The smallest absolute Gasteiger partial charge is 0.222 e. The minimum absolute atomic E-state index is 0.110. The van der Waals surface area contributed by atoms with Crippen molar-refractivity contribution in [2.24, 2.45) is 0 Å². The molecule has 7 heteroatoms. The van der Waals surface area contributed by atoms with E-state index in [0.717, 1.165) is 17.7 Å². The molecule has 0 saturated carbocycles. The number of anilines is 3. The number of ether oxygens (including phenoxy) is 1. The van der Waals surface area contributed by atoms with Crippen molar-refractivity contribution in [3.8, 4) is 17.0 Å². The van der Waals surface area contributed by atoms with E-state index in [1.807, 2.05) is 36.4 Å². The zero-order valence-electron chi connectivity index (χ0n) is 17.5. The molecule has 0 aliphatic carbocycles. The lowest BCUT2D eigenvalue weighted by Crippen LogP contribution is -2.10. The Labute approximate surface area is 176 Å². The maximum atomic E-state index is 11.2. The number of nitrogens with zero attached hydrogens (tertiary/aromatic N) is 2. The molecule has 1 amide bonds. The summed E-state index contributed by atoms with van der Waals surface area (Å²) in [6, 6.07) is 15.4. The fourth-order valence-electron chi connectivity index (χ4n) is 3.07. The quantitative estimate of drug-likeness (QED) is 0.486. The molecule has 7 nitrogen and oxygen atoms in total. The van der Waals surface area contributed by atoms with Gasteiger partial charge in [-0.2, -0.15) is 4.98 Å². The molecule has 0 saturated heterocycles. The van der Waals surface area contributed by atoms with Crippen molar-refractivity contribution in [1.82, 2.24) is 9.97 Å². The van der Waals surface area contributed by atoms with Gasteiger partial charge in [0.1, 0.15) is 11.6 Å². The molecular weight excluding hydrogens is 378 g/mol. The highest BCUT2D eigenvalue weighted by Gasteiger charge is 2.08. The van der Waals surface area contributed by atoms with E-state index in [-0.39, 0.29) is 11.9 Å². The maximum absolute atomic E-state index is 11.2. The van der Waals surface area contributed by atoms with Crippen LogP contribution in [0.15, 0.2) is 48.5 Å². The van der Waals surface area contributed by atoms with Gasteiger partial charge < -0.3 is 21.1 Å². The highest BCUT2D eigenvalue weighted by Crippen LogP contribution is 2.26. The summed E-state index contributed by atoms with van der Waals surface area (Å²) in [6.07, 6.45) is 0.771. The van der Waals surface area contributed by atoms with Gasteiger partial charge in [0.05, 0.1) is 12.3 Å². The Balaban J connectivity index is 1.55. The number of hydrogen-bond donors (Lipinski definition) is 3. The molecule has 3 rings (SSSR count). The average molecular weight is 406 g/mol. The molecule has 0 aliphatic rings. The van der Waals surface area contributed by atoms with Crippen LogP contribution in [0.2, 0.25) is 0 Å². The first-order valence-corrected chi connectivity index (χ1v) is 9.88. The Bertz CT molecular complexity index is 1040. The van der Waals surface area contributed by atoms with Crippen LogP contribution in [0.5, 0.6) is 5.75 Å². The highest BCUT2D eigenvalue weighted by molar-refractivity contribution is 5.88.